The van der Waals surface area contributed by atoms with Crippen molar-refractivity contribution in [2.24, 2.45) is 0 Å². The molecule has 4 nitrogen and oxygen atoms in total. The second-order valence-electron chi connectivity index (χ2n) is 3.03. The van der Waals surface area contributed by atoms with Gasteiger partial charge in [0.25, 0.3) is 0 Å². The lowest BCUT2D eigenvalue weighted by Gasteiger charge is -2.03. The van der Waals surface area contributed by atoms with Crippen molar-refractivity contribution in [3.05, 3.63) is 16.1 Å². The normalized spacial score (nSPS) is 22.0. The van der Waals surface area contributed by atoms with Gasteiger partial charge in [-0.25, -0.2) is 9.78 Å². The van der Waals surface area contributed by atoms with E-state index >= 15 is 0 Å². The topological polar surface area (TPSA) is 62.2 Å². The van der Waals surface area contributed by atoms with Crippen LogP contribution in [0.4, 0.5) is 0 Å². The highest BCUT2D eigenvalue weighted by atomic mass is 32.1. The van der Waals surface area contributed by atoms with Crippen molar-refractivity contribution in [3.63, 3.8) is 0 Å². The first kappa shape index (κ1) is 8.65. The van der Waals surface area contributed by atoms with Crippen LogP contribution in [0.25, 0.3) is 0 Å². The molecule has 1 fully saturated rings. The van der Waals surface area contributed by atoms with Crippen LogP contribution in [0.15, 0.2) is 5.38 Å². The van der Waals surface area contributed by atoms with Crippen LogP contribution in [0.5, 0.6) is 0 Å². The van der Waals surface area contributed by atoms with Gasteiger partial charge in [0.05, 0.1) is 6.04 Å². The molecule has 2 heterocycles. The molecule has 1 unspecified atom stereocenters. The van der Waals surface area contributed by atoms with Gasteiger partial charge in [-0.15, -0.1) is 11.3 Å². The molecule has 1 aromatic heterocycles. The second kappa shape index (κ2) is 3.43. The minimum absolute atomic E-state index is 0.161. The van der Waals surface area contributed by atoms with E-state index in [9.17, 15) is 4.79 Å². The fourth-order valence-corrected chi connectivity index (χ4v) is 2.34. The van der Waals surface area contributed by atoms with E-state index in [2.05, 4.69) is 10.3 Å². The van der Waals surface area contributed by atoms with Crippen molar-refractivity contribution < 1.29 is 9.90 Å². The fraction of sp³-hybridized carbons (Fsp3) is 0.500. The highest BCUT2D eigenvalue weighted by molar-refractivity contribution is 7.09. The van der Waals surface area contributed by atoms with Crippen LogP contribution in [-0.2, 0) is 0 Å². The van der Waals surface area contributed by atoms with Crippen molar-refractivity contribution in [1.29, 1.82) is 0 Å². The molecule has 1 atom stereocenters. The molecule has 0 bridgehead atoms. The Bertz CT molecular complexity index is 318. The number of aromatic carboxylic acids is 1. The van der Waals surface area contributed by atoms with Crippen LogP contribution in [0.2, 0.25) is 0 Å². The predicted octanol–water partition coefficient (Wildman–Crippen LogP) is 1.27. The van der Waals surface area contributed by atoms with Crippen LogP contribution in [0.1, 0.15) is 34.4 Å². The lowest BCUT2D eigenvalue weighted by atomic mass is 10.2. The highest BCUT2D eigenvalue weighted by Gasteiger charge is 2.20. The Kier molecular flexibility index (Phi) is 2.28. The summed E-state index contributed by atoms with van der Waals surface area (Å²) >= 11 is 1.42. The summed E-state index contributed by atoms with van der Waals surface area (Å²) in [6.45, 7) is 1.01. The van der Waals surface area contributed by atoms with E-state index < -0.39 is 5.97 Å². The highest BCUT2D eigenvalue weighted by Crippen LogP contribution is 2.25. The molecule has 0 saturated carbocycles. The molecule has 1 saturated heterocycles. The summed E-state index contributed by atoms with van der Waals surface area (Å²) in [7, 11) is 0. The van der Waals surface area contributed by atoms with E-state index in [0.717, 1.165) is 24.4 Å². The van der Waals surface area contributed by atoms with E-state index in [1.54, 1.807) is 5.38 Å². The van der Waals surface area contributed by atoms with Crippen molar-refractivity contribution in [1.82, 2.24) is 10.3 Å². The number of nitrogens with one attached hydrogen (secondary N) is 1. The van der Waals surface area contributed by atoms with Gasteiger partial charge in [0.1, 0.15) is 5.01 Å². The van der Waals surface area contributed by atoms with Gasteiger partial charge in [-0.3, -0.25) is 0 Å². The minimum atomic E-state index is -0.944. The monoisotopic (exact) mass is 198 g/mol. The number of carboxylic acid groups (broad SMARTS) is 1. The summed E-state index contributed by atoms with van der Waals surface area (Å²) in [6.07, 6.45) is 2.21. The van der Waals surface area contributed by atoms with E-state index in [4.69, 9.17) is 5.11 Å². The first-order valence-electron chi connectivity index (χ1n) is 4.19. The van der Waals surface area contributed by atoms with Crippen molar-refractivity contribution in [3.8, 4) is 0 Å². The molecule has 0 spiro atoms. The maximum Gasteiger partial charge on any atom is 0.355 e. The molecule has 0 radical (unpaired) electrons. The number of thiazole rings is 1. The number of carbonyl (C=O) groups is 1. The third-order valence-electron chi connectivity index (χ3n) is 2.10. The van der Waals surface area contributed by atoms with E-state index in [-0.39, 0.29) is 11.7 Å². The third kappa shape index (κ3) is 1.71. The zero-order chi connectivity index (χ0) is 9.26. The molecular weight excluding hydrogens is 188 g/mol. The Morgan fingerprint density at radius 2 is 2.62 bits per heavy atom. The number of hydrogen-bond donors (Lipinski definition) is 2. The second-order valence-corrected chi connectivity index (χ2v) is 3.91. The van der Waals surface area contributed by atoms with Gasteiger partial charge in [0.15, 0.2) is 5.69 Å². The summed E-state index contributed by atoms with van der Waals surface area (Å²) in [5.74, 6) is -0.944. The SMILES string of the molecule is O=C(O)c1csc(C2CCCN2)n1. The summed E-state index contributed by atoms with van der Waals surface area (Å²) < 4.78 is 0. The molecule has 70 valence electrons. The van der Waals surface area contributed by atoms with Crippen LogP contribution in [0, 0.1) is 0 Å². The van der Waals surface area contributed by atoms with Gasteiger partial charge in [-0.05, 0) is 19.4 Å². The Morgan fingerprint density at radius 1 is 1.77 bits per heavy atom. The minimum Gasteiger partial charge on any atom is -0.476 e. The molecule has 0 amide bonds. The Morgan fingerprint density at radius 3 is 3.15 bits per heavy atom. The fourth-order valence-electron chi connectivity index (χ4n) is 1.44. The summed E-state index contributed by atoms with van der Waals surface area (Å²) in [4.78, 5) is 14.6. The molecule has 2 rings (SSSR count). The summed E-state index contributed by atoms with van der Waals surface area (Å²) in [5.41, 5.74) is 0.161. The molecule has 13 heavy (non-hydrogen) atoms. The van der Waals surface area contributed by atoms with Gasteiger partial charge in [0, 0.05) is 5.38 Å². The zero-order valence-electron chi connectivity index (χ0n) is 6.99. The first-order chi connectivity index (χ1) is 6.27. The van der Waals surface area contributed by atoms with Crippen LogP contribution >= 0.6 is 11.3 Å². The number of hydrogen-bond acceptors (Lipinski definition) is 4. The predicted molar refractivity (Wildman–Crippen MR) is 49.1 cm³/mol. The molecule has 1 aliphatic heterocycles. The summed E-state index contributed by atoms with van der Waals surface area (Å²) in [6, 6.07) is 0.276. The van der Waals surface area contributed by atoms with E-state index in [0.29, 0.717) is 0 Å². The smallest absolute Gasteiger partial charge is 0.355 e. The molecule has 0 aromatic carbocycles. The standard InChI is InChI=1S/C8H10N2O2S/c11-8(12)6-4-13-7(10-6)5-2-1-3-9-5/h4-5,9H,1-3H2,(H,11,12). The van der Waals surface area contributed by atoms with Gasteiger partial charge in [-0.1, -0.05) is 0 Å². The molecule has 5 heteroatoms. The maximum absolute atomic E-state index is 10.6. The average Bonchev–Trinajstić information content (AvgIpc) is 2.75. The molecule has 2 N–H and O–H groups in total. The average molecular weight is 198 g/mol. The molecular formula is C8H10N2O2S. The lowest BCUT2D eigenvalue weighted by Crippen LogP contribution is -2.12. The Hall–Kier alpha value is -0.940. The van der Waals surface area contributed by atoms with Gasteiger partial charge in [-0.2, -0.15) is 0 Å². The zero-order valence-corrected chi connectivity index (χ0v) is 7.80. The molecule has 1 aromatic rings. The number of carboxylic acids is 1. The molecule has 1 aliphatic rings. The third-order valence-corrected chi connectivity index (χ3v) is 3.06. The van der Waals surface area contributed by atoms with Gasteiger partial charge >= 0.3 is 5.97 Å². The van der Waals surface area contributed by atoms with E-state index in [1.807, 2.05) is 0 Å². The van der Waals surface area contributed by atoms with Crippen molar-refractivity contribution in [2.45, 2.75) is 18.9 Å². The first-order valence-corrected chi connectivity index (χ1v) is 5.07. The van der Waals surface area contributed by atoms with Crippen LogP contribution < -0.4 is 5.32 Å². The quantitative estimate of drug-likeness (QED) is 0.751. The van der Waals surface area contributed by atoms with Gasteiger partial charge < -0.3 is 10.4 Å². The summed E-state index contributed by atoms with van der Waals surface area (Å²) in [5, 5.41) is 14.4. The Balaban J connectivity index is 2.16. The maximum atomic E-state index is 10.6. The molecule has 0 aliphatic carbocycles. The van der Waals surface area contributed by atoms with Crippen molar-refractivity contribution >= 4 is 17.3 Å². The number of aromatic nitrogens is 1. The van der Waals surface area contributed by atoms with Gasteiger partial charge in [0.2, 0.25) is 0 Å². The van der Waals surface area contributed by atoms with Crippen molar-refractivity contribution in [2.75, 3.05) is 6.54 Å². The van der Waals surface area contributed by atoms with Crippen LogP contribution in [0.3, 0.4) is 0 Å². The lowest BCUT2D eigenvalue weighted by molar-refractivity contribution is 0.0691. The van der Waals surface area contributed by atoms with Crippen LogP contribution in [-0.4, -0.2) is 22.6 Å². The van der Waals surface area contributed by atoms with E-state index in [1.165, 1.54) is 11.3 Å². The number of nitrogens with zero attached hydrogens (tertiary/aromatic N) is 1. The number of rotatable bonds is 2. The Labute approximate surface area is 79.6 Å². The largest absolute Gasteiger partial charge is 0.476 e.